The van der Waals surface area contributed by atoms with Crippen molar-refractivity contribution < 1.29 is 17.9 Å². The van der Waals surface area contributed by atoms with E-state index >= 15 is 0 Å². The van der Waals surface area contributed by atoms with Gasteiger partial charge in [-0.15, -0.1) is 0 Å². The van der Waals surface area contributed by atoms with Crippen LogP contribution in [0.25, 0.3) is 0 Å². The van der Waals surface area contributed by atoms with Crippen LogP contribution in [0.4, 0.5) is 5.69 Å². The molecule has 36 heavy (non-hydrogen) atoms. The maximum absolute atomic E-state index is 13.2. The molecule has 3 saturated heterocycles. The molecule has 3 N–H and O–H groups in total. The minimum atomic E-state index is -3.52. The molecule has 11 heteroatoms. The van der Waals surface area contributed by atoms with Crippen molar-refractivity contribution in [2.24, 2.45) is 11.8 Å². The minimum absolute atomic E-state index is 0.0116. The summed E-state index contributed by atoms with van der Waals surface area (Å²) >= 11 is 0. The molecule has 4 fully saturated rings. The molecular weight excluding hydrogens is 480 g/mol. The molecule has 4 aliphatic heterocycles. The lowest BCUT2D eigenvalue weighted by molar-refractivity contribution is -0.128. The molecule has 1 amide bonds. The lowest BCUT2D eigenvalue weighted by Crippen LogP contribution is -2.54. The number of hydrazine groups is 1. The third-order valence-electron chi connectivity index (χ3n) is 8.61. The smallest absolute Gasteiger partial charge is 0.243 e. The summed E-state index contributed by atoms with van der Waals surface area (Å²) in [5.74, 6) is -0.328. The fraction of sp³-hybridized carbons (Fsp3) is 0.680. The highest BCUT2D eigenvalue weighted by Crippen LogP contribution is 2.38. The van der Waals surface area contributed by atoms with Gasteiger partial charge in [0.2, 0.25) is 15.9 Å². The Labute approximate surface area is 212 Å². The van der Waals surface area contributed by atoms with Crippen LogP contribution >= 0.6 is 0 Å². The molecule has 0 aromatic heterocycles. The van der Waals surface area contributed by atoms with E-state index in [9.17, 15) is 18.5 Å². The molecule has 0 spiro atoms. The Morgan fingerprint density at radius 3 is 2.69 bits per heavy atom. The Morgan fingerprint density at radius 1 is 1.08 bits per heavy atom. The van der Waals surface area contributed by atoms with Crippen molar-refractivity contribution in [3.8, 4) is 6.07 Å². The van der Waals surface area contributed by atoms with Crippen molar-refractivity contribution in [3.63, 3.8) is 0 Å². The molecule has 3 unspecified atom stereocenters. The van der Waals surface area contributed by atoms with E-state index in [0.717, 1.165) is 43.4 Å². The topological polar surface area (TPSA) is 127 Å². The Balaban J connectivity index is 1.23. The number of rotatable bonds is 4. The van der Waals surface area contributed by atoms with Gasteiger partial charge < -0.3 is 15.4 Å². The molecule has 1 aromatic carbocycles. The summed E-state index contributed by atoms with van der Waals surface area (Å²) in [6, 6.07) is 7.96. The zero-order chi connectivity index (χ0) is 24.9. The molecule has 1 saturated carbocycles. The van der Waals surface area contributed by atoms with E-state index in [-0.39, 0.29) is 42.0 Å². The van der Waals surface area contributed by atoms with Gasteiger partial charge >= 0.3 is 0 Å². The van der Waals surface area contributed by atoms with E-state index in [1.807, 2.05) is 6.07 Å². The van der Waals surface area contributed by atoms with Gasteiger partial charge in [-0.3, -0.25) is 4.79 Å². The first-order chi connectivity index (χ1) is 17.5. The largest absolute Gasteiger partial charge is 0.381 e. The number of anilines is 1. The predicted octanol–water partition coefficient (Wildman–Crippen LogP) is 1.52. The zero-order valence-corrected chi connectivity index (χ0v) is 21.2. The van der Waals surface area contributed by atoms with Gasteiger partial charge in [0.15, 0.2) is 0 Å². The van der Waals surface area contributed by atoms with Crippen LogP contribution in [-0.4, -0.2) is 67.7 Å². The number of carbonyl (C=O) groups excluding carboxylic acids is 1. The Hall–Kier alpha value is -2.23. The lowest BCUT2D eigenvalue weighted by atomic mass is 9.83. The number of carbonyl (C=O) groups is 1. The summed E-state index contributed by atoms with van der Waals surface area (Å²) in [7, 11) is -3.52. The first-order valence-electron chi connectivity index (χ1n) is 13.2. The number of benzene rings is 1. The number of hydrogen-bond acceptors (Lipinski definition) is 8. The summed E-state index contributed by atoms with van der Waals surface area (Å²) < 4.78 is 33.5. The van der Waals surface area contributed by atoms with Crippen LogP contribution in [0.2, 0.25) is 0 Å². The monoisotopic (exact) mass is 514 g/mol. The van der Waals surface area contributed by atoms with Crippen LogP contribution in [0.15, 0.2) is 23.1 Å². The summed E-state index contributed by atoms with van der Waals surface area (Å²) in [6.45, 7) is 2.16. The van der Waals surface area contributed by atoms with Gasteiger partial charge in [-0.1, -0.05) is 12.8 Å². The number of hydrogen-bond donors (Lipinski definition) is 3. The van der Waals surface area contributed by atoms with Gasteiger partial charge in [0.1, 0.15) is 6.17 Å². The standard InChI is InChI=1S/C25H34N6O4S/c26-14-16-3-1-2-4-20(16)31-21-7-10-27-25(32)23(21)24(29-31)28-18-5-6-22-17(13-18)15-30(36(22,33)34)19-8-11-35-12-9-19/h5-6,13,16,19-21,23-24,28-29H,1-4,7-12,15H2,(H,27,32)/t16-,20+,21?,23?,24?/m1/s1. The van der Waals surface area contributed by atoms with Crippen LogP contribution in [0.3, 0.4) is 0 Å². The molecule has 5 aliphatic rings. The van der Waals surface area contributed by atoms with E-state index in [4.69, 9.17) is 4.74 Å². The second-order valence-corrected chi connectivity index (χ2v) is 12.5. The van der Waals surface area contributed by atoms with Crippen molar-refractivity contribution >= 4 is 21.6 Å². The second kappa shape index (κ2) is 9.58. The van der Waals surface area contributed by atoms with Gasteiger partial charge in [-0.25, -0.2) is 18.9 Å². The molecule has 1 aromatic rings. The Kier molecular flexibility index (Phi) is 6.42. The fourth-order valence-electron chi connectivity index (χ4n) is 6.80. The zero-order valence-electron chi connectivity index (χ0n) is 20.4. The number of ether oxygens (including phenoxy) is 1. The Morgan fingerprint density at radius 2 is 1.89 bits per heavy atom. The highest BCUT2D eigenvalue weighted by atomic mass is 32.2. The highest BCUT2D eigenvalue weighted by Gasteiger charge is 2.51. The van der Waals surface area contributed by atoms with Crippen molar-refractivity contribution in [2.75, 3.05) is 25.1 Å². The molecule has 1 aliphatic carbocycles. The first-order valence-corrected chi connectivity index (χ1v) is 14.6. The number of nitrogens with one attached hydrogen (secondary N) is 3. The van der Waals surface area contributed by atoms with Crippen LogP contribution in [0, 0.1) is 23.2 Å². The van der Waals surface area contributed by atoms with Crippen LogP contribution in [0.1, 0.15) is 50.5 Å². The van der Waals surface area contributed by atoms with Gasteiger partial charge in [-0.05, 0) is 55.9 Å². The van der Waals surface area contributed by atoms with Gasteiger partial charge in [0.25, 0.3) is 0 Å². The van der Waals surface area contributed by atoms with E-state index in [2.05, 4.69) is 27.1 Å². The quantitative estimate of drug-likeness (QED) is 0.552. The highest BCUT2D eigenvalue weighted by molar-refractivity contribution is 7.89. The lowest BCUT2D eigenvalue weighted by Gasteiger charge is -2.39. The average molecular weight is 515 g/mol. The number of fused-ring (bicyclic) bond motifs is 2. The molecule has 5 atom stereocenters. The van der Waals surface area contributed by atoms with E-state index in [1.165, 1.54) is 0 Å². The van der Waals surface area contributed by atoms with E-state index in [1.54, 1.807) is 16.4 Å². The van der Waals surface area contributed by atoms with Gasteiger partial charge in [0, 0.05) is 50.1 Å². The first kappa shape index (κ1) is 24.1. The van der Waals surface area contributed by atoms with Gasteiger partial charge in [-0.2, -0.15) is 9.57 Å². The van der Waals surface area contributed by atoms with Crippen LogP contribution in [0.5, 0.6) is 0 Å². The summed E-state index contributed by atoms with van der Waals surface area (Å²) in [6.07, 6.45) is 5.92. The molecule has 194 valence electrons. The normalized spacial score (nSPS) is 35.0. The molecule has 10 nitrogen and oxygen atoms in total. The van der Waals surface area contributed by atoms with Crippen molar-refractivity contribution in [2.45, 2.75) is 80.7 Å². The fourth-order valence-corrected chi connectivity index (χ4v) is 8.66. The number of nitrogens with zero attached hydrogens (tertiary/aromatic N) is 3. The number of piperidine rings is 1. The predicted molar refractivity (Wildman–Crippen MR) is 132 cm³/mol. The number of nitriles is 1. The third-order valence-corrected chi connectivity index (χ3v) is 10.6. The van der Waals surface area contributed by atoms with Gasteiger partial charge in [0.05, 0.1) is 22.8 Å². The molecule has 0 radical (unpaired) electrons. The minimum Gasteiger partial charge on any atom is -0.381 e. The molecule has 0 bridgehead atoms. The van der Waals surface area contributed by atoms with E-state index < -0.39 is 10.0 Å². The Bertz CT molecular complexity index is 1160. The summed E-state index contributed by atoms with van der Waals surface area (Å²) in [5.41, 5.74) is 5.13. The average Bonchev–Trinajstić information content (AvgIpc) is 3.39. The maximum Gasteiger partial charge on any atom is 0.243 e. The number of amides is 1. The molecule has 4 heterocycles. The third kappa shape index (κ3) is 4.09. The SMILES string of the molecule is N#C[C@H]1CCCC[C@@H]1N1NC(Nc2ccc3c(c2)CN(C2CCOCC2)S3(=O)=O)C2C(=O)NCCC21. The van der Waals surface area contributed by atoms with Crippen LogP contribution < -0.4 is 16.1 Å². The number of sulfonamides is 1. The van der Waals surface area contributed by atoms with Crippen molar-refractivity contribution in [1.82, 2.24) is 20.1 Å². The van der Waals surface area contributed by atoms with Crippen molar-refractivity contribution in [3.05, 3.63) is 23.8 Å². The van der Waals surface area contributed by atoms with E-state index in [0.29, 0.717) is 44.0 Å². The molecular formula is C25H34N6O4S. The summed E-state index contributed by atoms with van der Waals surface area (Å²) in [5, 5.41) is 18.5. The summed E-state index contributed by atoms with van der Waals surface area (Å²) in [4.78, 5) is 13.3. The molecule has 6 rings (SSSR count). The van der Waals surface area contributed by atoms with Crippen LogP contribution in [-0.2, 0) is 26.1 Å². The maximum atomic E-state index is 13.2. The van der Waals surface area contributed by atoms with Crippen molar-refractivity contribution in [1.29, 1.82) is 5.26 Å². The second-order valence-electron chi connectivity index (χ2n) is 10.6.